The summed E-state index contributed by atoms with van der Waals surface area (Å²) in [5, 5.41) is 11.8. The Kier molecular flexibility index (Phi) is 4.08. The number of amides is 1. The molecule has 0 saturated carbocycles. The summed E-state index contributed by atoms with van der Waals surface area (Å²) in [7, 11) is 0. The zero-order valence-corrected chi connectivity index (χ0v) is 9.19. The molecule has 1 fully saturated rings. The van der Waals surface area contributed by atoms with E-state index in [2.05, 4.69) is 19.2 Å². The summed E-state index contributed by atoms with van der Waals surface area (Å²) in [4.78, 5) is 23.9. The van der Waals surface area contributed by atoms with Crippen molar-refractivity contribution in [2.75, 3.05) is 19.6 Å². The van der Waals surface area contributed by atoms with Gasteiger partial charge in [0.2, 0.25) is 5.91 Å². The molecular weight excluding hydrogens is 196 g/mol. The van der Waals surface area contributed by atoms with Crippen molar-refractivity contribution in [2.45, 2.75) is 26.3 Å². The summed E-state index contributed by atoms with van der Waals surface area (Å²) in [6, 6.07) is -0.704. The summed E-state index contributed by atoms with van der Waals surface area (Å²) in [6.45, 7) is 5.25. The minimum atomic E-state index is -0.931. The Morgan fingerprint density at radius 2 is 2.33 bits per heavy atom. The second-order valence-electron chi connectivity index (χ2n) is 4.25. The second kappa shape index (κ2) is 5.11. The zero-order valence-electron chi connectivity index (χ0n) is 9.19. The fourth-order valence-electron chi connectivity index (χ4n) is 1.60. The van der Waals surface area contributed by atoms with Crippen molar-refractivity contribution < 1.29 is 14.7 Å². The molecule has 5 heteroatoms. The van der Waals surface area contributed by atoms with E-state index in [4.69, 9.17) is 5.11 Å². The Morgan fingerprint density at radius 3 is 2.87 bits per heavy atom. The number of carboxylic acid groups (broad SMARTS) is 1. The molecule has 0 aliphatic carbocycles. The zero-order chi connectivity index (χ0) is 11.4. The molecule has 1 atom stereocenters. The second-order valence-corrected chi connectivity index (χ2v) is 4.25. The van der Waals surface area contributed by atoms with E-state index in [1.807, 2.05) is 0 Å². The van der Waals surface area contributed by atoms with E-state index in [1.54, 1.807) is 0 Å². The predicted molar refractivity (Wildman–Crippen MR) is 55.5 cm³/mol. The number of hydrogen-bond donors (Lipinski definition) is 2. The van der Waals surface area contributed by atoms with Crippen molar-refractivity contribution in [1.29, 1.82) is 0 Å². The van der Waals surface area contributed by atoms with Gasteiger partial charge in [-0.15, -0.1) is 0 Å². The van der Waals surface area contributed by atoms with Crippen LogP contribution in [0.25, 0.3) is 0 Å². The highest BCUT2D eigenvalue weighted by atomic mass is 16.4. The molecular formula is C10H18N2O3. The summed E-state index contributed by atoms with van der Waals surface area (Å²) >= 11 is 0. The van der Waals surface area contributed by atoms with E-state index in [1.165, 1.54) is 4.90 Å². The minimum Gasteiger partial charge on any atom is -0.480 e. The van der Waals surface area contributed by atoms with Crippen LogP contribution in [0.2, 0.25) is 0 Å². The number of nitrogens with one attached hydrogen (secondary N) is 1. The number of hydrogen-bond acceptors (Lipinski definition) is 3. The summed E-state index contributed by atoms with van der Waals surface area (Å²) in [5.41, 5.74) is 0. The lowest BCUT2D eigenvalue weighted by Crippen LogP contribution is -2.58. The normalized spacial score (nSPS) is 22.2. The van der Waals surface area contributed by atoms with Gasteiger partial charge in [0.05, 0.1) is 6.54 Å². The summed E-state index contributed by atoms with van der Waals surface area (Å²) < 4.78 is 0. The number of aliphatic carboxylic acids is 1. The summed E-state index contributed by atoms with van der Waals surface area (Å²) in [5.74, 6) is -0.573. The number of nitrogens with zero attached hydrogens (tertiary/aromatic N) is 1. The molecule has 1 rings (SSSR count). The first-order valence-corrected chi connectivity index (χ1v) is 5.25. The van der Waals surface area contributed by atoms with E-state index in [9.17, 15) is 9.59 Å². The van der Waals surface area contributed by atoms with E-state index in [0.29, 0.717) is 19.0 Å². The molecule has 15 heavy (non-hydrogen) atoms. The molecule has 2 N–H and O–H groups in total. The van der Waals surface area contributed by atoms with Gasteiger partial charge < -0.3 is 15.3 Å². The molecule has 1 unspecified atom stereocenters. The molecule has 86 valence electrons. The maximum atomic E-state index is 11.5. The van der Waals surface area contributed by atoms with Gasteiger partial charge >= 0.3 is 5.97 Å². The Labute approximate surface area is 89.4 Å². The number of carboxylic acids is 1. The molecule has 1 aliphatic rings. The molecule has 0 aromatic carbocycles. The van der Waals surface area contributed by atoms with Gasteiger partial charge in [0, 0.05) is 13.1 Å². The van der Waals surface area contributed by atoms with Gasteiger partial charge in [0.1, 0.15) is 6.04 Å². The molecule has 0 spiro atoms. The standard InChI is InChI=1S/C10H18N2O3/c1-7(2)3-4-12-8(10(14)15)5-11-6-9(12)13/h7-8,11H,3-6H2,1-2H3,(H,14,15). The van der Waals surface area contributed by atoms with Crippen LogP contribution in [0.1, 0.15) is 20.3 Å². The van der Waals surface area contributed by atoms with Crippen LogP contribution in [0.3, 0.4) is 0 Å². The van der Waals surface area contributed by atoms with E-state index < -0.39 is 12.0 Å². The lowest BCUT2D eigenvalue weighted by Gasteiger charge is -2.33. The lowest BCUT2D eigenvalue weighted by molar-refractivity contribution is -0.152. The third-order valence-corrected chi connectivity index (χ3v) is 2.54. The van der Waals surface area contributed by atoms with Crippen molar-refractivity contribution in [3.05, 3.63) is 0 Å². The summed E-state index contributed by atoms with van der Waals surface area (Å²) in [6.07, 6.45) is 0.843. The van der Waals surface area contributed by atoms with Crippen LogP contribution in [0.15, 0.2) is 0 Å². The minimum absolute atomic E-state index is 0.116. The van der Waals surface area contributed by atoms with Gasteiger partial charge in [-0.3, -0.25) is 4.79 Å². The van der Waals surface area contributed by atoms with Crippen molar-refractivity contribution in [2.24, 2.45) is 5.92 Å². The quantitative estimate of drug-likeness (QED) is 0.686. The molecule has 1 amide bonds. The van der Waals surface area contributed by atoms with Crippen LogP contribution in [-0.2, 0) is 9.59 Å². The fourth-order valence-corrected chi connectivity index (χ4v) is 1.60. The molecule has 1 saturated heterocycles. The smallest absolute Gasteiger partial charge is 0.327 e. The predicted octanol–water partition coefficient (Wildman–Crippen LogP) is -0.0825. The van der Waals surface area contributed by atoms with Crippen LogP contribution in [0.5, 0.6) is 0 Å². The Bertz CT molecular complexity index is 253. The topological polar surface area (TPSA) is 69.6 Å². The average molecular weight is 214 g/mol. The maximum absolute atomic E-state index is 11.5. The van der Waals surface area contributed by atoms with Crippen LogP contribution >= 0.6 is 0 Å². The van der Waals surface area contributed by atoms with E-state index in [0.717, 1.165) is 6.42 Å². The monoisotopic (exact) mass is 214 g/mol. The Morgan fingerprint density at radius 1 is 1.67 bits per heavy atom. The maximum Gasteiger partial charge on any atom is 0.327 e. The fraction of sp³-hybridized carbons (Fsp3) is 0.800. The van der Waals surface area contributed by atoms with Crippen LogP contribution in [0, 0.1) is 5.92 Å². The van der Waals surface area contributed by atoms with Crippen LogP contribution < -0.4 is 5.32 Å². The number of rotatable bonds is 4. The Hall–Kier alpha value is -1.10. The van der Waals surface area contributed by atoms with Gasteiger partial charge in [-0.25, -0.2) is 4.79 Å². The lowest BCUT2D eigenvalue weighted by atomic mass is 10.1. The van der Waals surface area contributed by atoms with Crippen LogP contribution in [-0.4, -0.2) is 47.6 Å². The Balaban J connectivity index is 2.60. The SMILES string of the molecule is CC(C)CCN1C(=O)CNCC1C(=O)O. The number of piperazine rings is 1. The number of carbonyl (C=O) groups is 2. The highest BCUT2D eigenvalue weighted by molar-refractivity contribution is 5.86. The van der Waals surface area contributed by atoms with Crippen molar-refractivity contribution >= 4 is 11.9 Å². The first-order chi connectivity index (χ1) is 7.02. The third kappa shape index (κ3) is 3.20. The van der Waals surface area contributed by atoms with Crippen molar-refractivity contribution in [1.82, 2.24) is 10.2 Å². The largest absolute Gasteiger partial charge is 0.480 e. The van der Waals surface area contributed by atoms with Gasteiger partial charge in [-0.1, -0.05) is 13.8 Å². The molecule has 1 heterocycles. The third-order valence-electron chi connectivity index (χ3n) is 2.54. The van der Waals surface area contributed by atoms with Crippen molar-refractivity contribution in [3.63, 3.8) is 0 Å². The molecule has 0 aromatic heterocycles. The number of carbonyl (C=O) groups excluding carboxylic acids is 1. The highest BCUT2D eigenvalue weighted by Gasteiger charge is 2.32. The molecule has 0 radical (unpaired) electrons. The molecule has 1 aliphatic heterocycles. The van der Waals surface area contributed by atoms with E-state index >= 15 is 0 Å². The molecule has 5 nitrogen and oxygen atoms in total. The first-order valence-electron chi connectivity index (χ1n) is 5.25. The highest BCUT2D eigenvalue weighted by Crippen LogP contribution is 2.09. The van der Waals surface area contributed by atoms with Crippen LogP contribution in [0.4, 0.5) is 0 Å². The van der Waals surface area contributed by atoms with Crippen molar-refractivity contribution in [3.8, 4) is 0 Å². The van der Waals surface area contributed by atoms with Gasteiger partial charge in [0.15, 0.2) is 0 Å². The van der Waals surface area contributed by atoms with E-state index in [-0.39, 0.29) is 12.5 Å². The van der Waals surface area contributed by atoms with Gasteiger partial charge in [-0.05, 0) is 12.3 Å². The molecule has 0 bridgehead atoms. The average Bonchev–Trinajstić information content (AvgIpc) is 2.15. The van der Waals surface area contributed by atoms with Gasteiger partial charge in [-0.2, -0.15) is 0 Å². The first kappa shape index (κ1) is 12.0. The molecule has 0 aromatic rings. The van der Waals surface area contributed by atoms with Gasteiger partial charge in [0.25, 0.3) is 0 Å².